The Morgan fingerprint density at radius 1 is 0.750 bits per heavy atom. The van der Waals surface area contributed by atoms with Crippen molar-refractivity contribution in [3.05, 3.63) is 0 Å². The van der Waals surface area contributed by atoms with Crippen LogP contribution in [-0.2, 0) is 9.59 Å². The number of aliphatic carboxylic acids is 2. The summed E-state index contributed by atoms with van der Waals surface area (Å²) in [5, 5.41) is 17.7. The third kappa shape index (κ3) is 14.5. The number of carboxylic acids is 2. The number of carboxylic acid groups (broad SMARTS) is 2. The van der Waals surface area contributed by atoms with E-state index in [0.29, 0.717) is 6.42 Å². The van der Waals surface area contributed by atoms with E-state index in [4.69, 9.17) is 10.2 Å². The predicted molar refractivity (Wildman–Crippen MR) is 98.2 cm³/mol. The molecule has 0 aliphatic rings. The van der Waals surface area contributed by atoms with Crippen LogP contribution >= 0.6 is 0 Å². The largest absolute Gasteiger partial charge is 0.481 e. The summed E-state index contributed by atoms with van der Waals surface area (Å²) >= 11 is 0. The minimum Gasteiger partial charge on any atom is -0.481 e. The van der Waals surface area contributed by atoms with Crippen molar-refractivity contribution < 1.29 is 19.8 Å². The molecule has 0 bridgehead atoms. The van der Waals surface area contributed by atoms with Gasteiger partial charge >= 0.3 is 11.9 Å². The molecule has 4 heteroatoms. The smallest absolute Gasteiger partial charge is 0.307 e. The molecule has 0 amide bonds. The quantitative estimate of drug-likeness (QED) is 0.323. The molecular formula is C20H38O4. The number of hydrogen-bond acceptors (Lipinski definition) is 2. The molecular weight excluding hydrogens is 304 g/mol. The van der Waals surface area contributed by atoms with Crippen molar-refractivity contribution in [1.29, 1.82) is 0 Å². The van der Waals surface area contributed by atoms with Crippen molar-refractivity contribution in [1.82, 2.24) is 0 Å². The maximum Gasteiger partial charge on any atom is 0.307 e. The molecule has 2 N–H and O–H groups in total. The minimum absolute atomic E-state index is 0.259. The fourth-order valence-corrected chi connectivity index (χ4v) is 3.18. The second-order valence-electron chi connectivity index (χ2n) is 7.29. The van der Waals surface area contributed by atoms with Gasteiger partial charge in [-0.15, -0.1) is 0 Å². The van der Waals surface area contributed by atoms with E-state index in [9.17, 15) is 9.59 Å². The lowest BCUT2D eigenvalue weighted by Crippen LogP contribution is -2.17. The van der Waals surface area contributed by atoms with E-state index >= 15 is 0 Å². The van der Waals surface area contributed by atoms with E-state index in [-0.39, 0.29) is 6.42 Å². The lowest BCUT2D eigenvalue weighted by Gasteiger charge is -2.11. The number of carbonyl (C=O) groups is 2. The van der Waals surface area contributed by atoms with Gasteiger partial charge in [0.1, 0.15) is 0 Å². The van der Waals surface area contributed by atoms with Gasteiger partial charge in [-0.2, -0.15) is 0 Å². The highest BCUT2D eigenvalue weighted by Gasteiger charge is 2.20. The zero-order chi connectivity index (χ0) is 18.2. The summed E-state index contributed by atoms with van der Waals surface area (Å²) in [4.78, 5) is 21.6. The highest BCUT2D eigenvalue weighted by atomic mass is 16.4. The first-order valence-corrected chi connectivity index (χ1v) is 9.92. The lowest BCUT2D eigenvalue weighted by molar-refractivity contribution is -0.148. The van der Waals surface area contributed by atoms with Gasteiger partial charge in [0.15, 0.2) is 0 Å². The van der Waals surface area contributed by atoms with Gasteiger partial charge < -0.3 is 10.2 Å². The first-order chi connectivity index (χ1) is 11.5. The number of unbranched alkanes of at least 4 members (excludes halogenated alkanes) is 8. The first-order valence-electron chi connectivity index (χ1n) is 9.92. The molecule has 0 rings (SSSR count). The molecule has 0 heterocycles. The molecule has 0 aliphatic heterocycles. The summed E-state index contributed by atoms with van der Waals surface area (Å²) < 4.78 is 0. The molecule has 0 aliphatic carbocycles. The Morgan fingerprint density at radius 2 is 1.21 bits per heavy atom. The second kappa shape index (κ2) is 15.5. The zero-order valence-corrected chi connectivity index (χ0v) is 15.8. The van der Waals surface area contributed by atoms with Gasteiger partial charge in [-0.3, -0.25) is 9.59 Å². The van der Waals surface area contributed by atoms with Gasteiger partial charge in [0, 0.05) is 0 Å². The van der Waals surface area contributed by atoms with Crippen molar-refractivity contribution in [2.45, 2.75) is 104 Å². The second-order valence-corrected chi connectivity index (χ2v) is 7.29. The van der Waals surface area contributed by atoms with E-state index in [1.807, 2.05) is 0 Å². The molecule has 0 radical (unpaired) electrons. The Bertz CT molecular complexity index is 328. The van der Waals surface area contributed by atoms with Crippen molar-refractivity contribution in [2.24, 2.45) is 11.8 Å². The van der Waals surface area contributed by atoms with Crippen LogP contribution in [0.15, 0.2) is 0 Å². The van der Waals surface area contributed by atoms with Crippen LogP contribution in [0.1, 0.15) is 104 Å². The standard InChI is InChI=1S/C20H38O4/c1-3-4-5-7-10-13-17(2)14-11-8-6-9-12-15-18(20(23)24)16-19(21)22/h17-18H,3-16H2,1-2H3,(H,21,22)(H,23,24). The molecule has 24 heavy (non-hydrogen) atoms. The molecule has 2 unspecified atom stereocenters. The van der Waals surface area contributed by atoms with Crippen LogP contribution in [0.25, 0.3) is 0 Å². The molecule has 0 saturated carbocycles. The van der Waals surface area contributed by atoms with E-state index in [0.717, 1.165) is 25.2 Å². The van der Waals surface area contributed by atoms with Crippen LogP contribution < -0.4 is 0 Å². The van der Waals surface area contributed by atoms with Gasteiger partial charge in [-0.05, 0) is 12.3 Å². The third-order valence-corrected chi connectivity index (χ3v) is 4.82. The highest BCUT2D eigenvalue weighted by Crippen LogP contribution is 2.19. The van der Waals surface area contributed by atoms with Crippen molar-refractivity contribution in [3.8, 4) is 0 Å². The molecule has 0 aromatic rings. The Balaban J connectivity index is 3.49. The summed E-state index contributed by atoms with van der Waals surface area (Å²) in [6.45, 7) is 4.60. The molecule has 0 fully saturated rings. The molecule has 0 spiro atoms. The Morgan fingerprint density at radius 3 is 1.67 bits per heavy atom. The Kier molecular flexibility index (Phi) is 14.8. The number of hydrogen-bond donors (Lipinski definition) is 2. The van der Waals surface area contributed by atoms with E-state index < -0.39 is 17.9 Å². The summed E-state index contributed by atoms with van der Waals surface area (Å²) in [6, 6.07) is 0. The molecule has 0 aromatic heterocycles. The first kappa shape index (κ1) is 22.9. The number of rotatable bonds is 17. The molecule has 2 atom stereocenters. The zero-order valence-electron chi connectivity index (χ0n) is 15.8. The fraction of sp³-hybridized carbons (Fsp3) is 0.900. The Labute approximate surface area is 148 Å². The summed E-state index contributed by atoms with van der Waals surface area (Å²) in [6.07, 6.45) is 15.1. The average Bonchev–Trinajstić information content (AvgIpc) is 2.52. The van der Waals surface area contributed by atoms with Crippen molar-refractivity contribution in [2.75, 3.05) is 0 Å². The topological polar surface area (TPSA) is 74.6 Å². The van der Waals surface area contributed by atoms with E-state index in [1.54, 1.807) is 0 Å². The van der Waals surface area contributed by atoms with Crippen molar-refractivity contribution in [3.63, 3.8) is 0 Å². The maximum absolute atomic E-state index is 11.0. The summed E-state index contributed by atoms with van der Waals surface area (Å²) in [5.74, 6) is -1.91. The van der Waals surface area contributed by atoms with Gasteiger partial charge in [0.25, 0.3) is 0 Å². The van der Waals surface area contributed by atoms with E-state index in [2.05, 4.69) is 13.8 Å². The summed E-state index contributed by atoms with van der Waals surface area (Å²) in [7, 11) is 0. The highest BCUT2D eigenvalue weighted by molar-refractivity contribution is 5.77. The lowest BCUT2D eigenvalue weighted by atomic mass is 9.95. The normalized spacial score (nSPS) is 13.6. The van der Waals surface area contributed by atoms with Gasteiger partial charge in [0.2, 0.25) is 0 Å². The van der Waals surface area contributed by atoms with Gasteiger partial charge in [0.05, 0.1) is 12.3 Å². The molecule has 0 aromatic carbocycles. The van der Waals surface area contributed by atoms with Crippen molar-refractivity contribution >= 4 is 11.9 Å². The predicted octanol–water partition coefficient (Wildman–Crippen LogP) is 5.89. The molecule has 142 valence electrons. The van der Waals surface area contributed by atoms with Gasteiger partial charge in [-0.1, -0.05) is 90.9 Å². The van der Waals surface area contributed by atoms with Crippen LogP contribution in [-0.4, -0.2) is 22.2 Å². The Hall–Kier alpha value is -1.06. The third-order valence-electron chi connectivity index (χ3n) is 4.82. The van der Waals surface area contributed by atoms with Gasteiger partial charge in [-0.25, -0.2) is 0 Å². The minimum atomic E-state index is -1.02. The van der Waals surface area contributed by atoms with Crippen LogP contribution in [0.3, 0.4) is 0 Å². The molecule has 0 saturated heterocycles. The summed E-state index contributed by atoms with van der Waals surface area (Å²) in [5.41, 5.74) is 0. The van der Waals surface area contributed by atoms with Crippen LogP contribution in [0.5, 0.6) is 0 Å². The van der Waals surface area contributed by atoms with Crippen LogP contribution in [0.2, 0.25) is 0 Å². The average molecular weight is 343 g/mol. The maximum atomic E-state index is 11.0. The monoisotopic (exact) mass is 342 g/mol. The van der Waals surface area contributed by atoms with Crippen LogP contribution in [0, 0.1) is 11.8 Å². The van der Waals surface area contributed by atoms with E-state index in [1.165, 1.54) is 57.8 Å². The SMILES string of the molecule is CCCCCCCC(C)CCCCCCCC(CC(=O)O)C(=O)O. The molecule has 4 nitrogen and oxygen atoms in total. The van der Waals surface area contributed by atoms with Crippen LogP contribution in [0.4, 0.5) is 0 Å². The fourth-order valence-electron chi connectivity index (χ4n) is 3.18.